The van der Waals surface area contributed by atoms with Crippen molar-refractivity contribution in [3.63, 3.8) is 0 Å². The molecule has 0 aliphatic rings. The molecule has 0 aromatic carbocycles. The molecule has 0 heterocycles. The van der Waals surface area contributed by atoms with Crippen LogP contribution in [0, 0.1) is 0 Å². The van der Waals surface area contributed by atoms with Gasteiger partial charge in [-0.1, -0.05) is 25.9 Å². The summed E-state index contributed by atoms with van der Waals surface area (Å²) in [4.78, 5) is 0. The number of hydrogen-bond donors (Lipinski definition) is 0. The van der Waals surface area contributed by atoms with E-state index >= 15 is 0 Å². The Hall–Kier alpha value is 0.217. The highest BCUT2D eigenvalue weighted by Gasteiger charge is 1.81. The second kappa shape index (κ2) is 2.45. The largest absolute Gasteiger partial charge is 0.0746 e. The second-order valence-corrected chi connectivity index (χ2v) is 3.18. The third-order valence-corrected chi connectivity index (χ3v) is 1.73. The molecule has 0 aliphatic carbocycles. The van der Waals surface area contributed by atoms with E-state index in [1.807, 2.05) is 13.8 Å². The lowest BCUT2D eigenvalue weighted by Gasteiger charge is -1.89. The highest BCUT2D eigenvalue weighted by Crippen LogP contribution is 1.92. The minimum Gasteiger partial charge on any atom is -0.0746 e. The van der Waals surface area contributed by atoms with Gasteiger partial charge in [0.25, 0.3) is 0 Å². The van der Waals surface area contributed by atoms with Crippen LogP contribution in [0.2, 0.25) is 12.1 Å². The minimum absolute atomic E-state index is 0.271. The van der Waals surface area contributed by atoms with Gasteiger partial charge in [0.15, 0.2) is 0 Å². The van der Waals surface area contributed by atoms with Crippen molar-refractivity contribution in [2.75, 3.05) is 0 Å². The Morgan fingerprint density at radius 3 is 2.00 bits per heavy atom. The lowest BCUT2D eigenvalue weighted by atomic mass is 10.6. The highest BCUT2D eigenvalue weighted by molar-refractivity contribution is 6.35. The van der Waals surface area contributed by atoms with Crippen molar-refractivity contribution in [2.24, 2.45) is 0 Å². The molecule has 0 rings (SSSR count). The van der Waals surface area contributed by atoms with E-state index in [1.165, 1.54) is 0 Å². The maximum atomic E-state index is 7.19. The zero-order chi connectivity index (χ0) is 6.08. The molecule has 0 nitrogen and oxygen atoms in total. The Labute approximate surface area is 38.9 Å². The van der Waals surface area contributed by atoms with Gasteiger partial charge in [-0.25, -0.2) is 0 Å². The molecule has 0 atom stereocenters. The summed E-state index contributed by atoms with van der Waals surface area (Å²) in [6, 6.07) is 0. The van der Waals surface area contributed by atoms with Crippen molar-refractivity contribution in [2.45, 2.75) is 25.9 Å². The first-order valence-corrected chi connectivity index (χ1v) is 3.52. The van der Waals surface area contributed by atoms with Gasteiger partial charge in [-0.3, -0.25) is 0 Å². The van der Waals surface area contributed by atoms with E-state index in [-0.39, 0.29) is 5.54 Å². The van der Waals surface area contributed by atoms with E-state index in [0.717, 1.165) is 0 Å². The first kappa shape index (κ1) is 2.40. The average molecular weight is 90.2 g/mol. The van der Waals surface area contributed by atoms with Crippen LogP contribution in [0.4, 0.5) is 0 Å². The first-order chi connectivity index (χ1) is 2.94. The van der Waals surface area contributed by atoms with Crippen molar-refractivity contribution in [1.82, 2.24) is 0 Å². The highest BCUT2D eigenvalue weighted by atomic mass is 28.2. The summed E-state index contributed by atoms with van der Waals surface area (Å²) in [6.45, 7) is 5.61. The van der Waals surface area contributed by atoms with E-state index in [9.17, 15) is 0 Å². The predicted octanol–water partition coefficient (Wildman–Crippen LogP) is 1.03. The molecule has 32 valence electrons. The Kier molecular flexibility index (Phi) is 1.18. The van der Waals surface area contributed by atoms with Gasteiger partial charge in [0, 0.05) is 11.9 Å². The van der Waals surface area contributed by atoms with Gasteiger partial charge < -0.3 is 0 Å². The summed E-state index contributed by atoms with van der Waals surface area (Å²) in [5.41, 5.74) is 0.271. The lowest BCUT2D eigenvalue weighted by molar-refractivity contribution is 1.06. The summed E-state index contributed by atoms with van der Waals surface area (Å²) in [6.07, 6.45) is 0. The van der Waals surface area contributed by atoms with Crippen LogP contribution in [0.15, 0.2) is 0 Å². The molecule has 0 radical (unpaired) electrons. The van der Waals surface area contributed by atoms with Crippen LogP contribution in [-0.2, 0) is 0 Å². The standard InChI is InChI=1S/C4H12Si/c1-4(2)5-3/h4H,5H2,1-3H3/i5D2. The van der Waals surface area contributed by atoms with Crippen molar-refractivity contribution in [3.8, 4) is 0 Å². The molecule has 0 N–H and O–H groups in total. The van der Waals surface area contributed by atoms with Gasteiger partial charge in [0.1, 0.15) is 0 Å². The van der Waals surface area contributed by atoms with E-state index in [1.54, 1.807) is 6.55 Å². The van der Waals surface area contributed by atoms with Crippen molar-refractivity contribution >= 4 is 9.38 Å². The predicted molar refractivity (Wildman–Crippen MR) is 29.5 cm³/mol. The molecule has 0 aromatic rings. The maximum absolute atomic E-state index is 7.19. The third-order valence-electron chi connectivity index (χ3n) is 0.577. The summed E-state index contributed by atoms with van der Waals surface area (Å²) in [5, 5.41) is 0. The van der Waals surface area contributed by atoms with Gasteiger partial charge in [0.05, 0.1) is 0 Å². The Balaban J connectivity index is 3.54. The fourth-order valence-electron chi connectivity index (χ4n) is 0. The smallest absolute Gasteiger partial charge is 0.0194 e. The number of hydrogen-bond acceptors (Lipinski definition) is 0. The maximum Gasteiger partial charge on any atom is 0.0194 e. The fraction of sp³-hybridized carbons (Fsp3) is 1.00. The van der Waals surface area contributed by atoms with Crippen LogP contribution < -0.4 is 0 Å². The molecule has 1 heteroatoms. The fourth-order valence-corrected chi connectivity index (χ4v) is 0. The first-order valence-electron chi connectivity index (χ1n) is 2.94. The van der Waals surface area contributed by atoms with Crippen LogP contribution in [-0.4, -0.2) is 11.9 Å². The topological polar surface area (TPSA) is 0 Å². The lowest BCUT2D eigenvalue weighted by Crippen LogP contribution is -1.83. The Bertz CT molecular complexity index is 55.2. The molecule has 5 heavy (non-hydrogen) atoms. The molecule has 0 fully saturated rings. The SMILES string of the molecule is [2H][Si]([2H])(C)C(C)C. The normalized spacial score (nSPS) is 18.4. The van der Waals surface area contributed by atoms with Gasteiger partial charge >= 0.3 is 0 Å². The summed E-state index contributed by atoms with van der Waals surface area (Å²) in [5.74, 6) is 0. The summed E-state index contributed by atoms with van der Waals surface area (Å²) < 4.78 is 14.4. The Morgan fingerprint density at radius 1 is 1.80 bits per heavy atom. The molecular weight excluding hydrogens is 76.1 g/mol. The average Bonchev–Trinajstić information content (AvgIpc) is 1.31. The molecule has 0 aliphatic heterocycles. The molecule has 0 spiro atoms. The van der Waals surface area contributed by atoms with E-state index < -0.39 is 9.38 Å². The third kappa shape index (κ3) is 4.22. The van der Waals surface area contributed by atoms with Crippen molar-refractivity contribution in [3.05, 3.63) is 0 Å². The van der Waals surface area contributed by atoms with Crippen LogP contribution in [0.1, 0.15) is 13.8 Å². The molecule has 0 amide bonds. The van der Waals surface area contributed by atoms with Crippen molar-refractivity contribution in [1.29, 1.82) is 2.47 Å². The zero-order valence-electron chi connectivity index (χ0n) is 6.08. The van der Waals surface area contributed by atoms with Crippen LogP contribution >= 0.6 is 0 Å². The monoisotopic (exact) mass is 90.1 g/mol. The van der Waals surface area contributed by atoms with E-state index in [4.69, 9.17) is 2.47 Å². The van der Waals surface area contributed by atoms with Crippen LogP contribution in [0.25, 0.3) is 0 Å². The van der Waals surface area contributed by atoms with Crippen LogP contribution in [0.3, 0.4) is 0 Å². The molecular formula is C4H12Si. The van der Waals surface area contributed by atoms with E-state index in [0.29, 0.717) is 0 Å². The summed E-state index contributed by atoms with van der Waals surface area (Å²) >= 11 is 0. The van der Waals surface area contributed by atoms with Gasteiger partial charge in [-0.05, 0) is 0 Å². The molecule has 0 saturated carbocycles. The molecule has 0 unspecified atom stereocenters. The molecule has 0 bridgehead atoms. The summed E-state index contributed by atoms with van der Waals surface area (Å²) in [7, 11) is -2.23. The Morgan fingerprint density at radius 2 is 2.00 bits per heavy atom. The van der Waals surface area contributed by atoms with E-state index in [2.05, 4.69) is 0 Å². The minimum atomic E-state index is -2.23. The molecule has 0 aromatic heterocycles. The van der Waals surface area contributed by atoms with Gasteiger partial charge in [0.2, 0.25) is 0 Å². The van der Waals surface area contributed by atoms with Gasteiger partial charge in [-0.15, -0.1) is 0 Å². The number of rotatable bonds is 1. The molecule has 0 saturated heterocycles. The second-order valence-electron chi connectivity index (χ2n) is 1.44. The van der Waals surface area contributed by atoms with Crippen LogP contribution in [0.5, 0.6) is 0 Å². The zero-order valence-corrected chi connectivity index (χ0v) is 5.08. The quantitative estimate of drug-likeness (QED) is 0.422. The van der Waals surface area contributed by atoms with Crippen molar-refractivity contribution < 1.29 is 0 Å². The van der Waals surface area contributed by atoms with Gasteiger partial charge in [-0.2, -0.15) is 0 Å².